The molecule has 0 aliphatic rings. The van der Waals surface area contributed by atoms with Crippen LogP contribution in [0.15, 0.2) is 0 Å². The van der Waals surface area contributed by atoms with E-state index in [-0.39, 0.29) is 0 Å². The summed E-state index contributed by atoms with van der Waals surface area (Å²) >= 11 is 0. The average molecular weight is 341 g/mol. The molecule has 0 amide bonds. The van der Waals surface area contributed by atoms with Gasteiger partial charge in [-0.05, 0) is 0 Å². The molecule has 0 aromatic carbocycles. The SMILES string of the molecule is COCCOCCOCCONOCCOCCOCCOC. The van der Waals surface area contributed by atoms with E-state index in [1.807, 2.05) is 0 Å². The van der Waals surface area contributed by atoms with Gasteiger partial charge in [0.15, 0.2) is 0 Å². The Bertz CT molecular complexity index is 191. The van der Waals surface area contributed by atoms with Crippen LogP contribution >= 0.6 is 0 Å². The highest BCUT2D eigenvalue weighted by Gasteiger charge is 1.93. The maximum Gasteiger partial charge on any atom is 0.0942 e. The zero-order valence-corrected chi connectivity index (χ0v) is 14.3. The van der Waals surface area contributed by atoms with Gasteiger partial charge in [-0.15, -0.1) is 0 Å². The topological polar surface area (TPSA) is 85.9 Å². The van der Waals surface area contributed by atoms with Crippen LogP contribution in [0.2, 0.25) is 0 Å². The third kappa shape index (κ3) is 21.6. The van der Waals surface area contributed by atoms with Crippen molar-refractivity contribution in [2.24, 2.45) is 0 Å². The lowest BCUT2D eigenvalue weighted by molar-refractivity contribution is -0.184. The van der Waals surface area contributed by atoms with Crippen molar-refractivity contribution < 1.29 is 38.1 Å². The van der Waals surface area contributed by atoms with Gasteiger partial charge < -0.3 is 28.4 Å². The van der Waals surface area contributed by atoms with E-state index in [0.29, 0.717) is 79.3 Å². The second-order valence-electron chi connectivity index (χ2n) is 4.22. The normalized spacial score (nSPS) is 11.2. The second-order valence-corrected chi connectivity index (χ2v) is 4.22. The van der Waals surface area contributed by atoms with Gasteiger partial charge in [-0.1, -0.05) is 5.64 Å². The molecule has 9 heteroatoms. The Morgan fingerprint density at radius 1 is 0.435 bits per heavy atom. The minimum absolute atomic E-state index is 0.381. The predicted octanol–water partition coefficient (Wildman–Crippen LogP) is -0.202. The molecule has 0 unspecified atom stereocenters. The molecule has 0 aromatic rings. The molecule has 0 atom stereocenters. The standard InChI is InChI=1S/C14H31NO8/c1-16-3-5-18-7-9-20-11-13-22-15-23-14-12-21-10-8-19-6-4-17-2/h15H,3-14H2,1-2H3. The van der Waals surface area contributed by atoms with Crippen molar-refractivity contribution in [3.63, 3.8) is 0 Å². The minimum Gasteiger partial charge on any atom is -0.382 e. The van der Waals surface area contributed by atoms with Gasteiger partial charge in [0.1, 0.15) is 0 Å². The first-order chi connectivity index (χ1) is 11.4. The zero-order chi connectivity index (χ0) is 16.8. The molecule has 9 nitrogen and oxygen atoms in total. The molecular formula is C14H31NO8. The molecule has 0 fully saturated rings. The van der Waals surface area contributed by atoms with Crippen molar-refractivity contribution >= 4 is 0 Å². The van der Waals surface area contributed by atoms with Crippen molar-refractivity contribution in [1.29, 1.82) is 0 Å². The number of nitrogens with one attached hydrogen (secondary N) is 1. The third-order valence-electron chi connectivity index (χ3n) is 2.38. The first-order valence-corrected chi connectivity index (χ1v) is 7.69. The highest BCUT2D eigenvalue weighted by Crippen LogP contribution is 1.82. The fourth-order valence-corrected chi connectivity index (χ4v) is 1.25. The van der Waals surface area contributed by atoms with E-state index < -0.39 is 0 Å². The number of ether oxygens (including phenoxy) is 6. The molecule has 1 N–H and O–H groups in total. The lowest BCUT2D eigenvalue weighted by Crippen LogP contribution is -2.21. The Kier molecular flexibility index (Phi) is 21.3. The van der Waals surface area contributed by atoms with Crippen molar-refractivity contribution in [2.75, 3.05) is 93.5 Å². The Morgan fingerprint density at radius 3 is 1.09 bits per heavy atom. The Morgan fingerprint density at radius 2 is 0.739 bits per heavy atom. The van der Waals surface area contributed by atoms with Gasteiger partial charge in [0.25, 0.3) is 0 Å². The molecule has 140 valence electrons. The summed E-state index contributed by atoms with van der Waals surface area (Å²) in [5.74, 6) is 0. The molecule has 0 aliphatic carbocycles. The maximum absolute atomic E-state index is 5.28. The number of hydrogen-bond donors (Lipinski definition) is 1. The van der Waals surface area contributed by atoms with Crippen LogP contribution in [-0.4, -0.2) is 93.5 Å². The number of methoxy groups -OCH3 is 2. The van der Waals surface area contributed by atoms with Crippen molar-refractivity contribution in [3.8, 4) is 0 Å². The fraction of sp³-hybridized carbons (Fsp3) is 1.00. The molecule has 23 heavy (non-hydrogen) atoms. The zero-order valence-electron chi connectivity index (χ0n) is 14.3. The van der Waals surface area contributed by atoms with Gasteiger partial charge in [-0.3, -0.25) is 9.68 Å². The van der Waals surface area contributed by atoms with Gasteiger partial charge >= 0.3 is 0 Å². The molecule has 0 bridgehead atoms. The summed E-state index contributed by atoms with van der Waals surface area (Å²) in [5, 5.41) is 0. The summed E-state index contributed by atoms with van der Waals surface area (Å²) < 4.78 is 30.7. The molecule has 0 aliphatic heterocycles. The quantitative estimate of drug-likeness (QED) is 0.239. The first-order valence-electron chi connectivity index (χ1n) is 7.69. The van der Waals surface area contributed by atoms with Crippen LogP contribution in [0.25, 0.3) is 0 Å². The van der Waals surface area contributed by atoms with E-state index in [4.69, 9.17) is 38.1 Å². The van der Waals surface area contributed by atoms with Crippen LogP contribution in [0.1, 0.15) is 0 Å². The van der Waals surface area contributed by atoms with Gasteiger partial charge in [0, 0.05) is 14.2 Å². The summed E-state index contributed by atoms with van der Waals surface area (Å²) in [6.45, 7) is 6.14. The smallest absolute Gasteiger partial charge is 0.0942 e. The molecule has 0 heterocycles. The first kappa shape index (κ1) is 22.6. The van der Waals surface area contributed by atoms with Crippen LogP contribution in [0.5, 0.6) is 0 Å². The molecule has 0 spiro atoms. The van der Waals surface area contributed by atoms with E-state index >= 15 is 0 Å². The Labute approximate surface area is 138 Å². The summed E-state index contributed by atoms with van der Waals surface area (Å²) in [4.78, 5) is 10.00. The van der Waals surface area contributed by atoms with Gasteiger partial charge in [0.2, 0.25) is 0 Å². The van der Waals surface area contributed by atoms with Crippen LogP contribution in [-0.2, 0) is 38.1 Å². The van der Waals surface area contributed by atoms with E-state index in [1.165, 1.54) is 0 Å². The van der Waals surface area contributed by atoms with E-state index in [1.54, 1.807) is 14.2 Å². The average Bonchev–Trinajstić information content (AvgIpc) is 2.57. The highest BCUT2D eigenvalue weighted by atomic mass is 16.9. The lowest BCUT2D eigenvalue weighted by atomic mass is 10.7. The van der Waals surface area contributed by atoms with Crippen LogP contribution in [0.3, 0.4) is 0 Å². The summed E-state index contributed by atoms with van der Waals surface area (Å²) in [5.41, 5.74) is 2.37. The Balaban J connectivity index is 2.92. The third-order valence-corrected chi connectivity index (χ3v) is 2.38. The van der Waals surface area contributed by atoms with Crippen molar-refractivity contribution in [2.45, 2.75) is 0 Å². The maximum atomic E-state index is 5.28. The summed E-state index contributed by atoms with van der Waals surface area (Å²) in [6, 6.07) is 0. The van der Waals surface area contributed by atoms with Crippen molar-refractivity contribution in [3.05, 3.63) is 0 Å². The molecule has 0 rings (SSSR count). The Hall–Kier alpha value is -0.360. The van der Waals surface area contributed by atoms with E-state index in [0.717, 1.165) is 0 Å². The van der Waals surface area contributed by atoms with E-state index in [9.17, 15) is 0 Å². The molecule has 0 saturated carbocycles. The van der Waals surface area contributed by atoms with Crippen LogP contribution in [0.4, 0.5) is 0 Å². The molecular weight excluding hydrogens is 310 g/mol. The monoisotopic (exact) mass is 341 g/mol. The summed E-state index contributed by atoms with van der Waals surface area (Å²) in [7, 11) is 3.27. The van der Waals surface area contributed by atoms with Crippen molar-refractivity contribution in [1.82, 2.24) is 5.64 Å². The minimum atomic E-state index is 0.381. The largest absolute Gasteiger partial charge is 0.382 e. The number of rotatable bonds is 20. The molecule has 0 aromatic heterocycles. The van der Waals surface area contributed by atoms with E-state index in [2.05, 4.69) is 5.64 Å². The van der Waals surface area contributed by atoms with Gasteiger partial charge in [0.05, 0.1) is 79.3 Å². The lowest BCUT2D eigenvalue weighted by Gasteiger charge is -2.08. The van der Waals surface area contributed by atoms with Gasteiger partial charge in [-0.2, -0.15) is 0 Å². The molecule has 0 saturated heterocycles. The summed E-state index contributed by atoms with van der Waals surface area (Å²) in [6.07, 6.45) is 0. The van der Waals surface area contributed by atoms with Crippen LogP contribution in [0, 0.1) is 0 Å². The predicted molar refractivity (Wildman–Crippen MR) is 82.1 cm³/mol. The van der Waals surface area contributed by atoms with Gasteiger partial charge in [-0.25, -0.2) is 0 Å². The second kappa shape index (κ2) is 21.6. The fourth-order valence-electron chi connectivity index (χ4n) is 1.25. The highest BCUT2D eigenvalue weighted by molar-refractivity contribution is 4.33. The number of hydrogen-bond acceptors (Lipinski definition) is 9. The van der Waals surface area contributed by atoms with Crippen LogP contribution < -0.4 is 5.64 Å². The molecule has 0 radical (unpaired) electrons.